The van der Waals surface area contributed by atoms with E-state index in [4.69, 9.17) is 4.74 Å². The van der Waals surface area contributed by atoms with Crippen LogP contribution in [0.4, 0.5) is 0 Å². The van der Waals surface area contributed by atoms with E-state index in [1.165, 1.54) is 19.2 Å². The predicted molar refractivity (Wildman–Crippen MR) is 96.6 cm³/mol. The minimum atomic E-state index is -3.48. The van der Waals surface area contributed by atoms with Crippen molar-refractivity contribution in [3.05, 3.63) is 29.8 Å². The van der Waals surface area contributed by atoms with Crippen LogP contribution in [0.1, 0.15) is 18.4 Å². The molecule has 2 N–H and O–H groups in total. The number of sulfonamides is 1. The normalized spacial score (nSPS) is 25.2. The number of hydrogen-bond acceptors (Lipinski definition) is 5. The Morgan fingerprint density at radius 2 is 2.04 bits per heavy atom. The van der Waals surface area contributed by atoms with Crippen LogP contribution in [-0.4, -0.2) is 63.7 Å². The van der Waals surface area contributed by atoms with Crippen molar-refractivity contribution >= 4 is 21.9 Å². The predicted octanol–water partition coefficient (Wildman–Crippen LogP) is 0.477. The lowest BCUT2D eigenvalue weighted by Gasteiger charge is -2.33. The summed E-state index contributed by atoms with van der Waals surface area (Å²) < 4.78 is 31.1. The highest BCUT2D eigenvalue weighted by atomic mass is 32.2. The van der Waals surface area contributed by atoms with Gasteiger partial charge < -0.3 is 14.7 Å². The van der Waals surface area contributed by atoms with Crippen molar-refractivity contribution in [2.24, 2.45) is 11.3 Å². The van der Waals surface area contributed by atoms with Gasteiger partial charge >= 0.3 is 5.97 Å². The first kappa shape index (κ1) is 19.8. The molecule has 0 aromatic heterocycles. The van der Waals surface area contributed by atoms with Gasteiger partial charge in [0.2, 0.25) is 15.9 Å². The van der Waals surface area contributed by atoms with Crippen molar-refractivity contribution in [3.8, 4) is 0 Å². The summed E-state index contributed by atoms with van der Waals surface area (Å²) in [5, 5.41) is 9.67. The van der Waals surface area contributed by atoms with Crippen molar-refractivity contribution in [2.45, 2.75) is 24.2 Å². The first-order valence-electron chi connectivity index (χ1n) is 8.90. The summed E-state index contributed by atoms with van der Waals surface area (Å²) in [5.41, 5.74) is -0.0387. The van der Waals surface area contributed by atoms with Gasteiger partial charge in [0.15, 0.2) is 0 Å². The van der Waals surface area contributed by atoms with Gasteiger partial charge in [-0.15, -0.1) is 0 Å². The summed E-state index contributed by atoms with van der Waals surface area (Å²) in [6.45, 7) is 1.42. The average molecular weight is 396 g/mol. The van der Waals surface area contributed by atoms with Gasteiger partial charge in [-0.3, -0.25) is 9.59 Å². The van der Waals surface area contributed by atoms with E-state index in [-0.39, 0.29) is 29.7 Å². The second-order valence-corrected chi connectivity index (χ2v) is 9.00. The molecule has 0 radical (unpaired) electrons. The molecule has 2 atom stereocenters. The number of benzene rings is 1. The van der Waals surface area contributed by atoms with E-state index in [0.29, 0.717) is 32.6 Å². The Hall–Kier alpha value is -1.97. The number of fused-ring (bicyclic) bond motifs is 1. The molecule has 8 nitrogen and oxygen atoms in total. The van der Waals surface area contributed by atoms with Gasteiger partial charge in [-0.2, -0.15) is 0 Å². The number of hydrogen-bond donors (Lipinski definition) is 2. The topological polar surface area (TPSA) is 113 Å². The second-order valence-electron chi connectivity index (χ2n) is 7.11. The molecule has 0 bridgehead atoms. The number of carboxylic acids is 1. The van der Waals surface area contributed by atoms with Crippen molar-refractivity contribution < 1.29 is 27.9 Å². The SMILES string of the molecule is CNS(=O)(=O)c1ccc(CCC(=O)N2C[C@H]3COCC[C@@]3(C(=O)O)C2)cc1. The van der Waals surface area contributed by atoms with Crippen LogP contribution in [0.25, 0.3) is 0 Å². The van der Waals surface area contributed by atoms with E-state index in [9.17, 15) is 23.1 Å². The maximum absolute atomic E-state index is 12.6. The standard InChI is InChI=1S/C18H24N2O6S/c1-19-27(24,25)15-5-2-13(3-6-15)4-7-16(21)20-10-14-11-26-9-8-18(14,12-20)17(22)23/h2-3,5-6,14,19H,4,7-12H2,1H3,(H,22,23)/t14-,18+/m0/s1. The van der Waals surface area contributed by atoms with Crippen molar-refractivity contribution in [3.63, 3.8) is 0 Å². The van der Waals surface area contributed by atoms with E-state index >= 15 is 0 Å². The van der Waals surface area contributed by atoms with Crippen LogP contribution < -0.4 is 4.72 Å². The third-order valence-electron chi connectivity index (χ3n) is 5.62. The zero-order valence-corrected chi connectivity index (χ0v) is 16.0. The number of carboxylic acid groups (broad SMARTS) is 1. The first-order chi connectivity index (χ1) is 12.8. The summed E-state index contributed by atoms with van der Waals surface area (Å²) in [6.07, 6.45) is 1.15. The van der Waals surface area contributed by atoms with Crippen LogP contribution in [0.5, 0.6) is 0 Å². The van der Waals surface area contributed by atoms with Crippen molar-refractivity contribution in [2.75, 3.05) is 33.4 Å². The van der Waals surface area contributed by atoms with Gasteiger partial charge in [0.25, 0.3) is 0 Å². The number of carbonyl (C=O) groups is 2. The van der Waals surface area contributed by atoms with E-state index in [1.54, 1.807) is 17.0 Å². The summed E-state index contributed by atoms with van der Waals surface area (Å²) in [6, 6.07) is 6.39. The van der Waals surface area contributed by atoms with Gasteiger partial charge in [-0.1, -0.05) is 12.1 Å². The quantitative estimate of drug-likeness (QED) is 0.723. The monoisotopic (exact) mass is 396 g/mol. The summed E-state index contributed by atoms with van der Waals surface area (Å²) in [7, 11) is -2.13. The average Bonchev–Trinajstić information content (AvgIpc) is 3.08. The summed E-state index contributed by atoms with van der Waals surface area (Å²) >= 11 is 0. The van der Waals surface area contributed by atoms with Gasteiger partial charge in [0.05, 0.1) is 16.9 Å². The Morgan fingerprint density at radius 1 is 1.33 bits per heavy atom. The number of amides is 1. The van der Waals surface area contributed by atoms with Gasteiger partial charge in [-0.05, 0) is 37.6 Å². The number of likely N-dealkylation sites (tertiary alicyclic amines) is 1. The maximum atomic E-state index is 12.6. The molecule has 2 heterocycles. The molecule has 148 valence electrons. The Balaban J connectivity index is 1.61. The fraction of sp³-hybridized carbons (Fsp3) is 0.556. The second kappa shape index (κ2) is 7.57. The number of nitrogens with one attached hydrogen (secondary N) is 1. The summed E-state index contributed by atoms with van der Waals surface area (Å²) in [5.74, 6) is -1.11. The third-order valence-corrected chi connectivity index (χ3v) is 7.05. The molecule has 1 amide bonds. The molecule has 1 aromatic rings. The molecule has 0 spiro atoms. The highest BCUT2D eigenvalue weighted by molar-refractivity contribution is 7.89. The number of carbonyl (C=O) groups excluding carboxylic acids is 1. The lowest BCUT2D eigenvalue weighted by molar-refractivity contribution is -0.157. The molecule has 2 saturated heterocycles. The van der Waals surface area contributed by atoms with Crippen LogP contribution in [-0.2, 0) is 30.8 Å². The zero-order valence-electron chi connectivity index (χ0n) is 15.2. The molecule has 2 aliphatic rings. The van der Waals surface area contributed by atoms with Crippen LogP contribution in [0, 0.1) is 11.3 Å². The molecule has 2 aliphatic heterocycles. The van der Waals surface area contributed by atoms with Crippen LogP contribution in [0.15, 0.2) is 29.2 Å². The smallest absolute Gasteiger partial charge is 0.311 e. The van der Waals surface area contributed by atoms with Gasteiger partial charge in [0.1, 0.15) is 0 Å². The van der Waals surface area contributed by atoms with E-state index in [2.05, 4.69) is 4.72 Å². The molecule has 1 aromatic carbocycles. The third kappa shape index (κ3) is 3.85. The van der Waals surface area contributed by atoms with Crippen molar-refractivity contribution in [1.82, 2.24) is 9.62 Å². The first-order valence-corrected chi connectivity index (χ1v) is 10.4. The molecular formula is C18H24N2O6S. The van der Waals surface area contributed by atoms with Crippen LogP contribution >= 0.6 is 0 Å². The fourth-order valence-electron chi connectivity index (χ4n) is 3.85. The largest absolute Gasteiger partial charge is 0.481 e. The Bertz CT molecular complexity index is 823. The van der Waals surface area contributed by atoms with Gasteiger partial charge in [-0.25, -0.2) is 13.1 Å². The highest BCUT2D eigenvalue weighted by Crippen LogP contribution is 2.42. The van der Waals surface area contributed by atoms with E-state index in [1.807, 2.05) is 0 Å². The molecule has 27 heavy (non-hydrogen) atoms. The fourth-order valence-corrected chi connectivity index (χ4v) is 4.58. The minimum absolute atomic E-state index is 0.0862. The number of nitrogens with zero attached hydrogens (tertiary/aromatic N) is 1. The van der Waals surface area contributed by atoms with Crippen LogP contribution in [0.3, 0.4) is 0 Å². The Morgan fingerprint density at radius 3 is 2.63 bits per heavy atom. The highest BCUT2D eigenvalue weighted by Gasteiger charge is 2.54. The molecule has 0 aliphatic carbocycles. The molecule has 0 saturated carbocycles. The van der Waals surface area contributed by atoms with Crippen LogP contribution in [0.2, 0.25) is 0 Å². The number of ether oxygens (including phenoxy) is 1. The molecule has 3 rings (SSSR count). The Labute approximate surface area is 158 Å². The zero-order chi connectivity index (χ0) is 19.7. The number of aliphatic carboxylic acids is 1. The lowest BCUT2D eigenvalue weighted by Crippen LogP contribution is -2.45. The molecule has 0 unspecified atom stereocenters. The van der Waals surface area contributed by atoms with Crippen molar-refractivity contribution in [1.29, 1.82) is 0 Å². The maximum Gasteiger partial charge on any atom is 0.311 e. The van der Waals surface area contributed by atoms with E-state index < -0.39 is 21.4 Å². The minimum Gasteiger partial charge on any atom is -0.481 e. The number of aryl methyl sites for hydroxylation is 1. The van der Waals surface area contributed by atoms with E-state index in [0.717, 1.165) is 5.56 Å². The molecule has 2 fully saturated rings. The molecular weight excluding hydrogens is 372 g/mol. The van der Waals surface area contributed by atoms with Gasteiger partial charge in [0, 0.05) is 32.0 Å². The Kier molecular flexibility index (Phi) is 5.55. The molecule has 9 heteroatoms. The number of rotatable bonds is 6. The summed E-state index contributed by atoms with van der Waals surface area (Å²) in [4.78, 5) is 26.2. The lowest BCUT2D eigenvalue weighted by atomic mass is 9.74.